The van der Waals surface area contributed by atoms with Crippen LogP contribution in [-0.4, -0.2) is 214 Å². The highest BCUT2D eigenvalue weighted by Crippen LogP contribution is 2.35. The molecule has 0 spiro atoms. The Kier molecular flexibility index (Phi) is 32.7. The molecule has 5 rings (SSSR count). The van der Waals surface area contributed by atoms with E-state index in [1.807, 2.05) is 45.0 Å². The fourth-order valence-electron chi connectivity index (χ4n) is 8.12. The van der Waals surface area contributed by atoms with E-state index in [2.05, 4.69) is 15.0 Å². The molecule has 486 valence electrons. The van der Waals surface area contributed by atoms with Crippen LogP contribution in [0.3, 0.4) is 0 Å². The Morgan fingerprint density at radius 3 is 1.62 bits per heavy atom. The van der Waals surface area contributed by atoms with Gasteiger partial charge in [-0.05, 0) is 55.7 Å². The highest BCUT2D eigenvalue weighted by atomic mass is 32.2. The van der Waals surface area contributed by atoms with Crippen molar-refractivity contribution in [1.82, 2.24) is 14.7 Å². The number of esters is 1. The lowest BCUT2D eigenvalue weighted by Gasteiger charge is -2.38. The van der Waals surface area contributed by atoms with Crippen LogP contribution in [0.25, 0.3) is 17.2 Å². The standard InChI is InChI=1S/C57H79F4N5O19S2/c1-4-12-66(85-40(2)3)57(69)45-33-44-9-8-43(35-47(44)64-48(62)36-45)42-6-5-7-46(34-42)87(72,73)65-38-41(39-65)37-63-49(67)10-13-74-15-17-76-19-21-78-23-25-80-27-29-82-31-32-83-30-28-81-26-24-79-22-20-77-18-16-75-14-11-50(68)84-55-51(58)53(60)56(86(70)71)54(61)52(55)59/h5-9,33-35,40-41,86H,4,10-32,36-39H2,1-3H3,(H2,62,64)(H,63,67). The number of halogens is 4. The quantitative estimate of drug-likeness (QED) is 0.0133. The lowest BCUT2D eigenvalue weighted by atomic mass is 10.0. The molecule has 0 radical (unpaired) electrons. The van der Waals surface area contributed by atoms with Crippen molar-refractivity contribution in [3.63, 3.8) is 0 Å². The van der Waals surface area contributed by atoms with Crippen LogP contribution in [0, 0.1) is 29.2 Å². The second-order valence-electron chi connectivity index (χ2n) is 19.6. The number of hydrogen-bond acceptors (Lipinski definition) is 21. The zero-order chi connectivity index (χ0) is 63.0. The average Bonchev–Trinajstić information content (AvgIpc) is 1.24. The summed E-state index contributed by atoms with van der Waals surface area (Å²) in [5.74, 6) is -11.9. The zero-order valence-corrected chi connectivity index (χ0v) is 50.8. The highest BCUT2D eigenvalue weighted by Gasteiger charge is 2.37. The van der Waals surface area contributed by atoms with Crippen LogP contribution in [0.4, 0.5) is 23.2 Å². The molecule has 24 nitrogen and oxygen atoms in total. The number of amidine groups is 1. The molecular formula is C57H79F4N5O19S2. The summed E-state index contributed by atoms with van der Waals surface area (Å²) in [4.78, 5) is 46.4. The molecule has 1 fully saturated rings. The van der Waals surface area contributed by atoms with Gasteiger partial charge < -0.3 is 63.2 Å². The number of rotatable bonds is 45. The molecule has 1 saturated heterocycles. The molecule has 3 aromatic rings. The fraction of sp³-hybridized carbons (Fsp3) is 0.579. The highest BCUT2D eigenvalue weighted by molar-refractivity contribution is 7.89. The maximum absolute atomic E-state index is 13.9. The number of amides is 2. The summed E-state index contributed by atoms with van der Waals surface area (Å²) in [5, 5.41) is 4.24. The fourth-order valence-corrected chi connectivity index (χ4v) is 10.3. The van der Waals surface area contributed by atoms with Gasteiger partial charge in [-0.1, -0.05) is 31.2 Å². The number of carbonyl (C=O) groups is 3. The number of benzene rings is 3. The number of hydroxylamine groups is 2. The molecule has 0 aromatic heterocycles. The van der Waals surface area contributed by atoms with Gasteiger partial charge in [0.15, 0.2) is 22.3 Å². The number of nitrogens with one attached hydrogen (secondary N) is 1. The minimum absolute atomic E-state index is 0.0311. The Morgan fingerprint density at radius 2 is 1.15 bits per heavy atom. The number of ether oxygens (including phenoxy) is 11. The van der Waals surface area contributed by atoms with Gasteiger partial charge >= 0.3 is 5.97 Å². The van der Waals surface area contributed by atoms with E-state index in [1.165, 1.54) is 9.37 Å². The Labute approximate surface area is 505 Å². The van der Waals surface area contributed by atoms with Crippen LogP contribution < -0.4 is 15.8 Å². The Hall–Kier alpha value is -5.58. The first-order valence-electron chi connectivity index (χ1n) is 28.4. The molecule has 2 aliphatic heterocycles. The van der Waals surface area contributed by atoms with Crippen molar-refractivity contribution in [2.75, 3.05) is 158 Å². The van der Waals surface area contributed by atoms with E-state index in [-0.39, 0.29) is 100 Å². The van der Waals surface area contributed by atoms with Gasteiger partial charge in [-0.2, -0.15) is 13.1 Å². The van der Waals surface area contributed by atoms with Crippen molar-refractivity contribution >= 4 is 56.1 Å². The summed E-state index contributed by atoms with van der Waals surface area (Å²) >= 11 is 0. The summed E-state index contributed by atoms with van der Waals surface area (Å²) in [7, 11) is -7.79. The van der Waals surface area contributed by atoms with Gasteiger partial charge in [0, 0.05) is 56.1 Å². The minimum atomic E-state index is -3.99. The summed E-state index contributed by atoms with van der Waals surface area (Å²) < 4.78 is 164. The van der Waals surface area contributed by atoms with E-state index in [9.17, 15) is 48.8 Å². The summed E-state index contributed by atoms with van der Waals surface area (Å²) in [6.07, 6.45) is 2.09. The number of carbonyl (C=O) groups excluding carboxylic acids is 3. The van der Waals surface area contributed by atoms with Gasteiger partial charge in [-0.15, -0.1) is 0 Å². The number of sulfonamides is 1. The van der Waals surface area contributed by atoms with Crippen LogP contribution >= 0.6 is 0 Å². The third-order valence-corrected chi connectivity index (χ3v) is 15.0. The topological polar surface area (TPSA) is 287 Å². The molecule has 0 bridgehead atoms. The number of fused-ring (bicyclic) bond motifs is 1. The van der Waals surface area contributed by atoms with Gasteiger partial charge in [0.1, 0.15) is 10.7 Å². The zero-order valence-electron chi connectivity index (χ0n) is 49.1. The maximum Gasteiger partial charge on any atom is 0.313 e. The van der Waals surface area contributed by atoms with Gasteiger partial charge in [0.2, 0.25) is 33.3 Å². The monoisotopic (exact) mass is 1280 g/mol. The van der Waals surface area contributed by atoms with Crippen molar-refractivity contribution in [1.29, 1.82) is 0 Å². The van der Waals surface area contributed by atoms with Crippen LogP contribution in [0.5, 0.6) is 5.75 Å². The predicted molar refractivity (Wildman–Crippen MR) is 307 cm³/mol. The first-order chi connectivity index (χ1) is 41.9. The van der Waals surface area contributed by atoms with E-state index in [4.69, 9.17) is 57.9 Å². The third-order valence-electron chi connectivity index (χ3n) is 12.4. The molecular weight excluding hydrogens is 1200 g/mol. The molecule has 0 aliphatic carbocycles. The Balaban J connectivity index is 0.758. The number of aliphatic imine (C=N–C) groups is 1. The van der Waals surface area contributed by atoms with Crippen molar-refractivity contribution in [3.8, 4) is 16.9 Å². The largest absolute Gasteiger partial charge is 0.420 e. The van der Waals surface area contributed by atoms with E-state index in [0.29, 0.717) is 128 Å². The second-order valence-corrected chi connectivity index (χ2v) is 22.5. The molecule has 3 N–H and O–H groups in total. The van der Waals surface area contributed by atoms with E-state index >= 15 is 0 Å². The van der Waals surface area contributed by atoms with E-state index in [0.717, 1.165) is 12.0 Å². The van der Waals surface area contributed by atoms with E-state index < -0.39 is 67.0 Å². The van der Waals surface area contributed by atoms with Gasteiger partial charge in [0.25, 0.3) is 5.91 Å². The van der Waals surface area contributed by atoms with Crippen LogP contribution in [0.15, 0.2) is 62.8 Å². The Bertz CT molecular complexity index is 2880. The molecule has 87 heavy (non-hydrogen) atoms. The molecule has 0 unspecified atom stereocenters. The van der Waals surface area contributed by atoms with Crippen LogP contribution in [0.1, 0.15) is 52.0 Å². The number of hydrogen-bond donors (Lipinski definition) is 3. The number of thiol groups is 1. The first kappa shape index (κ1) is 72.2. The third kappa shape index (κ3) is 25.1. The number of nitrogens with zero attached hydrogens (tertiary/aromatic N) is 3. The van der Waals surface area contributed by atoms with Crippen LogP contribution in [-0.2, 0) is 87.3 Å². The average molecular weight is 1280 g/mol. The maximum atomic E-state index is 13.9. The summed E-state index contributed by atoms with van der Waals surface area (Å²) in [5.41, 5.74) is 9.41. The lowest BCUT2D eigenvalue weighted by molar-refractivity contribution is -0.196. The molecule has 0 atom stereocenters. The minimum Gasteiger partial charge on any atom is -0.420 e. The molecule has 2 aliphatic rings. The molecule has 2 heterocycles. The smallest absolute Gasteiger partial charge is 0.313 e. The van der Waals surface area contributed by atoms with Crippen molar-refractivity contribution in [2.45, 2.75) is 62.3 Å². The normalized spacial score (nSPS) is 13.8. The number of nitrogens with two attached hydrogens (primary N) is 1. The van der Waals surface area contributed by atoms with Gasteiger partial charge in [0.05, 0.1) is 155 Å². The molecule has 30 heteroatoms. The van der Waals surface area contributed by atoms with Crippen molar-refractivity contribution in [3.05, 3.63) is 76.9 Å². The first-order valence-corrected chi connectivity index (χ1v) is 31.0. The van der Waals surface area contributed by atoms with Gasteiger partial charge in [-0.25, -0.2) is 35.7 Å². The predicted octanol–water partition coefficient (Wildman–Crippen LogP) is 4.52. The van der Waals surface area contributed by atoms with E-state index in [1.54, 1.807) is 24.3 Å². The SMILES string of the molecule is CCCN(OC(C)C)C(=O)C1=Cc2ccc(-c3cccc(S(=O)(=O)N4CC(CNC(=O)CCOCCOCCOCCOCCOCCOCCOCCOCCOCCOCCC(=O)Oc5c(F)c(F)c([SH](=O)=O)c(F)c5F)C4)c3)cc2N=C(N)C1. The molecule has 3 aromatic carbocycles. The molecule has 0 saturated carbocycles. The Morgan fingerprint density at radius 1 is 0.678 bits per heavy atom. The molecule has 2 amide bonds. The van der Waals surface area contributed by atoms with Crippen LogP contribution in [0.2, 0.25) is 0 Å². The summed E-state index contributed by atoms with van der Waals surface area (Å²) in [6.45, 7) is 12.7. The van der Waals surface area contributed by atoms with Gasteiger partial charge in [-0.3, -0.25) is 19.2 Å². The second kappa shape index (κ2) is 39.4. The van der Waals surface area contributed by atoms with Crippen molar-refractivity contribution < 1.29 is 106 Å². The lowest BCUT2D eigenvalue weighted by Crippen LogP contribution is -2.53. The van der Waals surface area contributed by atoms with Crippen molar-refractivity contribution in [2.24, 2.45) is 16.6 Å². The summed E-state index contributed by atoms with van der Waals surface area (Å²) in [6, 6.07) is 12.2.